The molecule has 2 aromatic rings. The van der Waals surface area contributed by atoms with Gasteiger partial charge in [0.15, 0.2) is 11.6 Å². The fraction of sp³-hybridized carbons (Fsp3) is 0.250. The smallest absolute Gasteiger partial charge is 0.165 e. The molecule has 1 N–H and O–H groups in total. The summed E-state index contributed by atoms with van der Waals surface area (Å²) in [6, 6.07) is 8.67. The van der Waals surface area contributed by atoms with E-state index in [1.165, 1.54) is 0 Å². The number of benzene rings is 2. The van der Waals surface area contributed by atoms with Crippen molar-refractivity contribution in [1.29, 1.82) is 0 Å². The van der Waals surface area contributed by atoms with Gasteiger partial charge in [0.25, 0.3) is 0 Å². The summed E-state index contributed by atoms with van der Waals surface area (Å²) in [7, 11) is 0. The zero-order chi connectivity index (χ0) is 14.7. The Morgan fingerprint density at radius 2 is 1.85 bits per heavy atom. The second-order valence-corrected chi connectivity index (χ2v) is 4.76. The molecule has 1 atom stereocenters. The van der Waals surface area contributed by atoms with E-state index >= 15 is 0 Å². The van der Waals surface area contributed by atoms with E-state index in [4.69, 9.17) is 4.74 Å². The Balaban J connectivity index is 2.10. The molecule has 0 aliphatic rings. The maximum absolute atomic E-state index is 13.4. The van der Waals surface area contributed by atoms with Gasteiger partial charge in [0.05, 0.1) is 0 Å². The van der Waals surface area contributed by atoms with Gasteiger partial charge in [-0.15, -0.1) is 0 Å². The van der Waals surface area contributed by atoms with Gasteiger partial charge in [-0.25, -0.2) is 8.78 Å². The minimum absolute atomic E-state index is 0.134. The lowest BCUT2D eigenvalue weighted by atomic mass is 10.0. The molecule has 0 heterocycles. The molecule has 0 aliphatic carbocycles. The predicted octanol–water partition coefficient (Wildman–Crippen LogP) is 3.69. The van der Waals surface area contributed by atoms with Gasteiger partial charge in [-0.3, -0.25) is 0 Å². The topological polar surface area (TPSA) is 29.5 Å². The fourth-order valence-electron chi connectivity index (χ4n) is 1.97. The summed E-state index contributed by atoms with van der Waals surface area (Å²) in [5.41, 5.74) is 2.66. The molecule has 0 aliphatic heterocycles. The Morgan fingerprint density at radius 3 is 2.60 bits per heavy atom. The van der Waals surface area contributed by atoms with Crippen LogP contribution in [0.25, 0.3) is 0 Å². The van der Waals surface area contributed by atoms with Crippen LogP contribution in [0.1, 0.15) is 22.8 Å². The molecule has 0 saturated carbocycles. The quantitative estimate of drug-likeness (QED) is 0.924. The van der Waals surface area contributed by atoms with Crippen molar-refractivity contribution >= 4 is 0 Å². The minimum Gasteiger partial charge on any atom is -0.487 e. The summed E-state index contributed by atoms with van der Waals surface area (Å²) in [6.45, 7) is 3.66. The fourth-order valence-corrected chi connectivity index (χ4v) is 1.97. The highest BCUT2D eigenvalue weighted by molar-refractivity contribution is 5.32. The molecule has 0 amide bonds. The highest BCUT2D eigenvalue weighted by Gasteiger charge is 2.13. The Bertz CT molecular complexity index is 611. The van der Waals surface area contributed by atoms with Crippen LogP contribution in [0.3, 0.4) is 0 Å². The maximum atomic E-state index is 13.4. The van der Waals surface area contributed by atoms with E-state index in [9.17, 15) is 13.9 Å². The minimum atomic E-state index is -0.891. The van der Waals surface area contributed by atoms with Crippen LogP contribution in [0.4, 0.5) is 8.78 Å². The van der Waals surface area contributed by atoms with Crippen LogP contribution in [0.15, 0.2) is 36.4 Å². The Morgan fingerprint density at radius 1 is 1.10 bits per heavy atom. The average Bonchev–Trinajstić information content (AvgIpc) is 2.42. The van der Waals surface area contributed by atoms with Gasteiger partial charge >= 0.3 is 0 Å². The largest absolute Gasteiger partial charge is 0.487 e. The third-order valence-corrected chi connectivity index (χ3v) is 3.08. The highest BCUT2D eigenvalue weighted by atomic mass is 19.1. The predicted molar refractivity (Wildman–Crippen MR) is 72.7 cm³/mol. The van der Waals surface area contributed by atoms with Crippen LogP contribution in [0.5, 0.6) is 5.75 Å². The molecular formula is C16H16F2O2. The third kappa shape index (κ3) is 3.33. The van der Waals surface area contributed by atoms with Crippen molar-refractivity contribution in [3.63, 3.8) is 0 Å². The molecule has 20 heavy (non-hydrogen) atoms. The number of aryl methyl sites for hydroxylation is 2. The first-order valence-corrected chi connectivity index (χ1v) is 6.30. The van der Waals surface area contributed by atoms with Gasteiger partial charge in [0, 0.05) is 6.07 Å². The van der Waals surface area contributed by atoms with Crippen molar-refractivity contribution in [3.05, 3.63) is 64.7 Å². The first-order valence-electron chi connectivity index (χ1n) is 6.30. The van der Waals surface area contributed by atoms with Crippen LogP contribution >= 0.6 is 0 Å². The maximum Gasteiger partial charge on any atom is 0.165 e. The van der Waals surface area contributed by atoms with Crippen molar-refractivity contribution in [2.45, 2.75) is 20.0 Å². The second kappa shape index (κ2) is 6.01. The van der Waals surface area contributed by atoms with Gasteiger partial charge in [0.2, 0.25) is 0 Å². The third-order valence-electron chi connectivity index (χ3n) is 3.08. The molecule has 4 heteroatoms. The average molecular weight is 278 g/mol. The van der Waals surface area contributed by atoms with E-state index in [1.54, 1.807) is 0 Å². The highest BCUT2D eigenvalue weighted by Crippen LogP contribution is 2.23. The summed E-state index contributed by atoms with van der Waals surface area (Å²) in [5, 5.41) is 10.1. The molecule has 0 saturated heterocycles. The van der Waals surface area contributed by atoms with Crippen LogP contribution in [-0.4, -0.2) is 11.7 Å². The molecule has 2 nitrogen and oxygen atoms in total. The van der Waals surface area contributed by atoms with Crippen LogP contribution < -0.4 is 4.74 Å². The van der Waals surface area contributed by atoms with Crippen molar-refractivity contribution < 1.29 is 18.6 Å². The number of aliphatic hydroxyl groups is 1. The Labute approximate surface area is 116 Å². The van der Waals surface area contributed by atoms with Crippen molar-refractivity contribution in [2.24, 2.45) is 0 Å². The zero-order valence-electron chi connectivity index (χ0n) is 11.4. The van der Waals surface area contributed by atoms with Crippen molar-refractivity contribution in [2.75, 3.05) is 6.61 Å². The lowest BCUT2D eigenvalue weighted by Crippen LogP contribution is -2.12. The monoisotopic (exact) mass is 278 g/mol. The molecule has 0 spiro atoms. The summed E-state index contributed by atoms with van der Waals surface area (Å²) < 4.78 is 31.6. The number of halogens is 2. The SMILES string of the molecule is Cc1ccc(C)c(C(O)COc2cc(F)ccc2F)c1. The van der Waals surface area contributed by atoms with Crippen molar-refractivity contribution in [3.8, 4) is 5.75 Å². The van der Waals surface area contributed by atoms with Crippen LogP contribution in [-0.2, 0) is 0 Å². The van der Waals surface area contributed by atoms with Crippen LogP contribution in [0.2, 0.25) is 0 Å². The van der Waals surface area contributed by atoms with Crippen LogP contribution in [0, 0.1) is 25.5 Å². The number of aliphatic hydroxyl groups excluding tert-OH is 1. The molecule has 0 radical (unpaired) electrons. The summed E-state index contributed by atoms with van der Waals surface area (Å²) >= 11 is 0. The molecule has 106 valence electrons. The molecule has 0 fully saturated rings. The number of hydrogen-bond donors (Lipinski definition) is 1. The number of hydrogen-bond acceptors (Lipinski definition) is 2. The Kier molecular flexibility index (Phi) is 4.35. The normalized spacial score (nSPS) is 12.2. The van der Waals surface area contributed by atoms with Gasteiger partial charge in [-0.1, -0.05) is 23.8 Å². The molecule has 0 aromatic heterocycles. The number of rotatable bonds is 4. The molecule has 2 rings (SSSR count). The molecule has 2 aromatic carbocycles. The standard InChI is InChI=1S/C16H16F2O2/c1-10-3-4-11(2)13(7-10)15(19)9-20-16-8-12(17)5-6-14(16)18/h3-8,15,19H,9H2,1-2H3. The lowest BCUT2D eigenvalue weighted by molar-refractivity contribution is 0.105. The van der Waals surface area contributed by atoms with Gasteiger partial charge in [-0.05, 0) is 37.1 Å². The summed E-state index contributed by atoms with van der Waals surface area (Å²) in [5.74, 6) is -1.43. The molecule has 0 bridgehead atoms. The Hall–Kier alpha value is -1.94. The molecule has 1 unspecified atom stereocenters. The zero-order valence-corrected chi connectivity index (χ0v) is 11.4. The number of ether oxygens (including phenoxy) is 1. The van der Waals surface area contributed by atoms with E-state index in [1.807, 2.05) is 32.0 Å². The van der Waals surface area contributed by atoms with E-state index in [2.05, 4.69) is 0 Å². The van der Waals surface area contributed by atoms with Gasteiger partial charge < -0.3 is 9.84 Å². The van der Waals surface area contributed by atoms with E-state index in [0.29, 0.717) is 0 Å². The van der Waals surface area contributed by atoms with Gasteiger partial charge in [0.1, 0.15) is 18.5 Å². The van der Waals surface area contributed by atoms with E-state index < -0.39 is 17.7 Å². The van der Waals surface area contributed by atoms with Crippen molar-refractivity contribution in [1.82, 2.24) is 0 Å². The van der Waals surface area contributed by atoms with Gasteiger partial charge in [-0.2, -0.15) is 0 Å². The summed E-state index contributed by atoms with van der Waals surface area (Å²) in [4.78, 5) is 0. The lowest BCUT2D eigenvalue weighted by Gasteiger charge is -2.16. The second-order valence-electron chi connectivity index (χ2n) is 4.76. The first kappa shape index (κ1) is 14.5. The first-order chi connectivity index (χ1) is 9.47. The summed E-state index contributed by atoms with van der Waals surface area (Å²) in [6.07, 6.45) is -0.891. The molecular weight excluding hydrogens is 262 g/mol. The van der Waals surface area contributed by atoms with E-state index in [-0.39, 0.29) is 12.4 Å². The van der Waals surface area contributed by atoms with E-state index in [0.717, 1.165) is 34.9 Å².